The van der Waals surface area contributed by atoms with Gasteiger partial charge in [0.25, 0.3) is 0 Å². The van der Waals surface area contributed by atoms with Crippen LogP contribution >= 0.6 is 0 Å². The normalized spacial score (nSPS) is 13.7. The third kappa shape index (κ3) is 40.8. The second-order valence-electron chi connectivity index (χ2n) is 15.1. The molecule has 0 aromatic carbocycles. The van der Waals surface area contributed by atoms with Crippen molar-refractivity contribution >= 4 is 5.91 Å². The lowest BCUT2D eigenvalue weighted by atomic mass is 10.0. The van der Waals surface area contributed by atoms with E-state index in [1.807, 2.05) is 0 Å². The molecule has 4 heteroatoms. The van der Waals surface area contributed by atoms with Crippen molar-refractivity contribution in [2.45, 2.75) is 225 Å². The van der Waals surface area contributed by atoms with Crippen molar-refractivity contribution in [1.29, 1.82) is 0 Å². The zero-order valence-electron chi connectivity index (χ0n) is 35.0. The number of carbonyl (C=O) groups excluding carboxylic acids is 1. The first-order chi connectivity index (χ1) is 26.2. The van der Waals surface area contributed by atoms with Gasteiger partial charge in [-0.15, -0.1) is 0 Å². The van der Waals surface area contributed by atoms with E-state index in [0.29, 0.717) is 12.8 Å². The molecule has 0 radical (unpaired) electrons. The smallest absolute Gasteiger partial charge is 0.220 e. The third-order valence-corrected chi connectivity index (χ3v) is 9.98. The van der Waals surface area contributed by atoms with Gasteiger partial charge in [0.15, 0.2) is 0 Å². The largest absolute Gasteiger partial charge is 0.394 e. The van der Waals surface area contributed by atoms with Crippen LogP contribution in [-0.4, -0.2) is 34.9 Å². The Bertz CT molecular complexity index is 930. The predicted octanol–water partition coefficient (Wildman–Crippen LogP) is 14.3. The Morgan fingerprint density at radius 1 is 0.472 bits per heavy atom. The molecule has 1 amide bonds. The Hall–Kier alpha value is -2.17. The molecule has 306 valence electrons. The summed E-state index contributed by atoms with van der Waals surface area (Å²) in [6, 6.07) is -0.564. The van der Waals surface area contributed by atoms with Gasteiger partial charge in [-0.2, -0.15) is 0 Å². The van der Waals surface area contributed by atoms with Crippen molar-refractivity contribution in [3.8, 4) is 0 Å². The lowest BCUT2D eigenvalue weighted by molar-refractivity contribution is -0.123. The molecule has 0 aromatic heterocycles. The van der Waals surface area contributed by atoms with Gasteiger partial charge in [0.05, 0.1) is 18.8 Å². The Morgan fingerprint density at radius 3 is 1.21 bits per heavy atom. The molecule has 0 bridgehead atoms. The van der Waals surface area contributed by atoms with Crippen LogP contribution in [0.25, 0.3) is 0 Å². The molecule has 0 saturated carbocycles. The maximum absolute atomic E-state index is 12.4. The molecule has 0 rings (SSSR count). The highest BCUT2D eigenvalue weighted by molar-refractivity contribution is 5.76. The first kappa shape index (κ1) is 50.8. The van der Waals surface area contributed by atoms with Crippen LogP contribution in [0, 0.1) is 0 Å². The summed E-state index contributed by atoms with van der Waals surface area (Å²) in [5.74, 6) is -0.0747. The van der Waals surface area contributed by atoms with E-state index in [4.69, 9.17) is 0 Å². The second kappa shape index (κ2) is 44.2. The number of aliphatic hydroxyl groups is 2. The van der Waals surface area contributed by atoms with Gasteiger partial charge in [0, 0.05) is 6.42 Å². The van der Waals surface area contributed by atoms with E-state index < -0.39 is 12.1 Å². The summed E-state index contributed by atoms with van der Waals surface area (Å²) >= 11 is 0. The number of unbranched alkanes of at least 4 members (excludes halogenated alkanes) is 21. The van der Waals surface area contributed by atoms with Crippen molar-refractivity contribution in [3.63, 3.8) is 0 Å². The standard InChI is InChI=1S/C49H87NO3/c1-3-5-7-9-11-13-15-17-19-21-23-25-27-29-31-33-35-37-39-41-43-45-49(53)50-47(46-51)48(52)44-42-40-38-36-34-32-30-28-26-24-22-20-18-16-14-12-10-8-6-4-2/h5,7,11,13,17,19,23,25,29,31,35,37,47-48,51-52H,3-4,6,8-10,12,14-16,18,20-22,24,26-28,30,32-34,36,38-46H2,1-2H3,(H,50,53)/b7-5-,13-11-,19-17-,25-23-,31-29-,37-35-. The molecule has 0 fully saturated rings. The van der Waals surface area contributed by atoms with Gasteiger partial charge in [0.2, 0.25) is 5.91 Å². The lowest BCUT2D eigenvalue weighted by Gasteiger charge is -2.22. The second-order valence-corrected chi connectivity index (χ2v) is 15.1. The van der Waals surface area contributed by atoms with Crippen LogP contribution in [0.1, 0.15) is 213 Å². The Morgan fingerprint density at radius 2 is 0.830 bits per heavy atom. The summed E-state index contributed by atoms with van der Waals surface area (Å²) in [5, 5.41) is 23.2. The molecule has 2 atom stereocenters. The third-order valence-electron chi connectivity index (χ3n) is 9.98. The summed E-state index contributed by atoms with van der Waals surface area (Å²) in [6.07, 6.45) is 62.7. The molecule has 0 aliphatic rings. The van der Waals surface area contributed by atoms with E-state index in [1.165, 1.54) is 116 Å². The highest BCUT2D eigenvalue weighted by atomic mass is 16.3. The minimum absolute atomic E-state index is 0.0747. The molecule has 0 spiro atoms. The number of hydrogen-bond acceptors (Lipinski definition) is 3. The van der Waals surface area contributed by atoms with Crippen LogP contribution in [0.2, 0.25) is 0 Å². The van der Waals surface area contributed by atoms with Gasteiger partial charge in [-0.25, -0.2) is 0 Å². The Kier molecular flexibility index (Phi) is 42.4. The highest BCUT2D eigenvalue weighted by Gasteiger charge is 2.19. The molecule has 4 nitrogen and oxygen atoms in total. The number of hydrogen-bond donors (Lipinski definition) is 3. The molecule has 0 heterocycles. The Balaban J connectivity index is 3.63. The van der Waals surface area contributed by atoms with Gasteiger partial charge in [-0.1, -0.05) is 215 Å². The fourth-order valence-corrected chi connectivity index (χ4v) is 6.54. The molecule has 0 aliphatic carbocycles. The summed E-state index contributed by atoms with van der Waals surface area (Å²) in [7, 11) is 0. The van der Waals surface area contributed by atoms with Gasteiger partial charge in [-0.05, 0) is 64.2 Å². The van der Waals surface area contributed by atoms with Crippen LogP contribution in [0.15, 0.2) is 72.9 Å². The molecular weight excluding hydrogens is 651 g/mol. The van der Waals surface area contributed by atoms with Crippen molar-refractivity contribution in [2.75, 3.05) is 6.61 Å². The average Bonchev–Trinajstić information content (AvgIpc) is 3.16. The minimum atomic E-state index is -0.682. The average molecular weight is 738 g/mol. The SMILES string of the molecule is CC/C=C\C/C=C\C/C=C\C/C=C\C/C=C\C/C=C\CCCCC(=O)NC(CO)C(O)CCCCCCCCCCCCCCCCCCCCCC. The first-order valence-corrected chi connectivity index (χ1v) is 22.6. The lowest BCUT2D eigenvalue weighted by Crippen LogP contribution is -2.45. The maximum Gasteiger partial charge on any atom is 0.220 e. The summed E-state index contributed by atoms with van der Waals surface area (Å²) in [5.41, 5.74) is 0. The molecule has 3 N–H and O–H groups in total. The zero-order chi connectivity index (χ0) is 38.6. The minimum Gasteiger partial charge on any atom is -0.394 e. The predicted molar refractivity (Wildman–Crippen MR) is 234 cm³/mol. The van der Waals surface area contributed by atoms with Gasteiger partial charge < -0.3 is 15.5 Å². The van der Waals surface area contributed by atoms with Crippen LogP contribution in [0.3, 0.4) is 0 Å². The Labute approximate surface area is 329 Å². The van der Waals surface area contributed by atoms with Crippen LogP contribution in [0.5, 0.6) is 0 Å². The van der Waals surface area contributed by atoms with E-state index in [1.54, 1.807) is 0 Å². The van der Waals surface area contributed by atoms with Crippen molar-refractivity contribution in [3.05, 3.63) is 72.9 Å². The quantitative estimate of drug-likeness (QED) is 0.0433. The number of carbonyl (C=O) groups is 1. The number of rotatable bonds is 40. The summed E-state index contributed by atoms with van der Waals surface area (Å²) < 4.78 is 0. The topological polar surface area (TPSA) is 69.6 Å². The van der Waals surface area contributed by atoms with Crippen LogP contribution in [-0.2, 0) is 4.79 Å². The first-order valence-electron chi connectivity index (χ1n) is 22.6. The monoisotopic (exact) mass is 738 g/mol. The van der Waals surface area contributed by atoms with E-state index in [9.17, 15) is 15.0 Å². The fourth-order valence-electron chi connectivity index (χ4n) is 6.54. The molecule has 2 unspecified atom stereocenters. The molecule has 0 aliphatic heterocycles. The van der Waals surface area contributed by atoms with E-state index in [2.05, 4.69) is 92.1 Å². The molecule has 53 heavy (non-hydrogen) atoms. The fraction of sp³-hybridized carbons (Fsp3) is 0.735. The number of amides is 1. The molecule has 0 saturated heterocycles. The molecular formula is C49H87NO3. The highest BCUT2D eigenvalue weighted by Crippen LogP contribution is 2.16. The van der Waals surface area contributed by atoms with Crippen LogP contribution < -0.4 is 5.32 Å². The maximum atomic E-state index is 12.4. The number of nitrogens with one attached hydrogen (secondary N) is 1. The van der Waals surface area contributed by atoms with E-state index >= 15 is 0 Å². The zero-order valence-corrected chi connectivity index (χ0v) is 35.0. The van der Waals surface area contributed by atoms with Gasteiger partial charge >= 0.3 is 0 Å². The number of aliphatic hydroxyl groups excluding tert-OH is 2. The van der Waals surface area contributed by atoms with Gasteiger partial charge in [0.1, 0.15) is 0 Å². The van der Waals surface area contributed by atoms with Crippen molar-refractivity contribution < 1.29 is 15.0 Å². The summed E-state index contributed by atoms with van der Waals surface area (Å²) in [6.45, 7) is 4.23. The van der Waals surface area contributed by atoms with E-state index in [0.717, 1.165) is 70.6 Å². The van der Waals surface area contributed by atoms with Crippen molar-refractivity contribution in [1.82, 2.24) is 5.32 Å². The summed E-state index contributed by atoms with van der Waals surface area (Å²) in [4.78, 5) is 12.4. The molecule has 0 aromatic rings. The van der Waals surface area contributed by atoms with E-state index in [-0.39, 0.29) is 12.5 Å². The van der Waals surface area contributed by atoms with Gasteiger partial charge in [-0.3, -0.25) is 4.79 Å². The number of allylic oxidation sites excluding steroid dienone is 12. The van der Waals surface area contributed by atoms with Crippen LogP contribution in [0.4, 0.5) is 0 Å². The van der Waals surface area contributed by atoms with Crippen molar-refractivity contribution in [2.24, 2.45) is 0 Å².